The summed E-state index contributed by atoms with van der Waals surface area (Å²) in [6.07, 6.45) is -7.10. The summed E-state index contributed by atoms with van der Waals surface area (Å²) in [5.74, 6) is 0. The molecule has 1 saturated heterocycles. The molecule has 1 aliphatic heterocycles. The van der Waals surface area contributed by atoms with Gasteiger partial charge in [-0.25, -0.2) is 4.21 Å². The Balaban J connectivity index is 2.06. The first-order valence-corrected chi connectivity index (χ1v) is 7.06. The summed E-state index contributed by atoms with van der Waals surface area (Å²) in [7, 11) is 0. The van der Waals surface area contributed by atoms with E-state index >= 15 is 0 Å². The predicted octanol–water partition coefficient (Wildman–Crippen LogP) is -1.47. The molecule has 1 aliphatic rings. The van der Waals surface area contributed by atoms with E-state index in [1.54, 1.807) is 30.3 Å². The molecule has 1 aromatic carbocycles. The summed E-state index contributed by atoms with van der Waals surface area (Å²) >= 11 is -1.90. The van der Waals surface area contributed by atoms with Crippen molar-refractivity contribution < 1.29 is 33.6 Å². The van der Waals surface area contributed by atoms with E-state index in [-0.39, 0.29) is 0 Å². The molecule has 0 bridgehead atoms. The highest BCUT2D eigenvalue weighted by Crippen LogP contribution is 2.23. The van der Waals surface area contributed by atoms with Crippen LogP contribution in [0.3, 0.4) is 0 Å². The normalized spacial score (nSPS) is 35.7. The molecule has 2 rings (SSSR count). The highest BCUT2D eigenvalue weighted by atomic mass is 32.2. The topological polar surface area (TPSA) is 116 Å². The fourth-order valence-corrected chi connectivity index (χ4v) is 2.64. The molecular weight excluding hydrogens is 288 g/mol. The monoisotopic (exact) mass is 304 g/mol. The van der Waals surface area contributed by atoms with Crippen LogP contribution in [0.5, 0.6) is 0 Å². The van der Waals surface area contributed by atoms with Crippen LogP contribution in [0.4, 0.5) is 0 Å². The summed E-state index contributed by atoms with van der Waals surface area (Å²) in [6.45, 7) is -0.567. The van der Waals surface area contributed by atoms with Crippen molar-refractivity contribution in [3.05, 3.63) is 30.3 Å². The van der Waals surface area contributed by atoms with Crippen LogP contribution < -0.4 is 0 Å². The van der Waals surface area contributed by atoms with Crippen LogP contribution in [0.15, 0.2) is 35.2 Å². The van der Waals surface area contributed by atoms with Crippen LogP contribution in [0.2, 0.25) is 0 Å². The Morgan fingerprint density at radius 2 is 1.75 bits per heavy atom. The second kappa shape index (κ2) is 6.72. The van der Waals surface area contributed by atoms with Gasteiger partial charge in [0.15, 0.2) is 11.1 Å². The Labute approximate surface area is 118 Å². The van der Waals surface area contributed by atoms with Gasteiger partial charge < -0.3 is 25.2 Å². The Kier molecular flexibility index (Phi) is 5.22. The molecule has 1 aromatic rings. The molecule has 0 spiro atoms. The van der Waals surface area contributed by atoms with E-state index in [0.29, 0.717) is 4.90 Å². The number of aliphatic hydroxyl groups excluding tert-OH is 4. The van der Waals surface area contributed by atoms with Crippen molar-refractivity contribution in [2.24, 2.45) is 0 Å². The quantitative estimate of drug-likeness (QED) is 0.536. The maximum atomic E-state index is 11.9. The molecule has 6 atom stereocenters. The first-order valence-electron chi connectivity index (χ1n) is 5.99. The van der Waals surface area contributed by atoms with Crippen LogP contribution in [-0.4, -0.2) is 61.9 Å². The molecule has 7 nitrogen and oxygen atoms in total. The van der Waals surface area contributed by atoms with Gasteiger partial charge in [0.25, 0.3) is 0 Å². The molecule has 4 N–H and O–H groups in total. The minimum atomic E-state index is -1.90. The van der Waals surface area contributed by atoms with Gasteiger partial charge in [0, 0.05) is 0 Å². The van der Waals surface area contributed by atoms with Crippen molar-refractivity contribution in [3.8, 4) is 0 Å². The first kappa shape index (κ1) is 15.5. The maximum Gasteiger partial charge on any atom is 0.202 e. The van der Waals surface area contributed by atoms with Gasteiger partial charge in [-0.15, -0.1) is 0 Å². The maximum absolute atomic E-state index is 11.9. The zero-order valence-electron chi connectivity index (χ0n) is 10.4. The fourth-order valence-electron chi connectivity index (χ4n) is 1.82. The van der Waals surface area contributed by atoms with Gasteiger partial charge in [-0.05, 0) is 12.1 Å². The van der Waals surface area contributed by atoms with E-state index < -0.39 is 48.4 Å². The van der Waals surface area contributed by atoms with Gasteiger partial charge in [0.2, 0.25) is 6.29 Å². The lowest BCUT2D eigenvalue weighted by Gasteiger charge is -2.38. The molecule has 0 radical (unpaired) electrons. The van der Waals surface area contributed by atoms with Crippen molar-refractivity contribution >= 4 is 11.1 Å². The van der Waals surface area contributed by atoms with E-state index in [1.165, 1.54) is 0 Å². The van der Waals surface area contributed by atoms with Crippen LogP contribution in [0.1, 0.15) is 0 Å². The average Bonchev–Trinajstić information content (AvgIpc) is 2.48. The molecule has 8 heteroatoms. The first-order chi connectivity index (χ1) is 9.54. The Bertz CT molecular complexity index is 452. The number of benzene rings is 1. The Hall–Kier alpha value is -0.870. The molecule has 1 unspecified atom stereocenters. The summed E-state index contributed by atoms with van der Waals surface area (Å²) in [5, 5.41) is 37.9. The number of hydrogen-bond acceptors (Lipinski definition) is 7. The molecule has 1 fully saturated rings. The van der Waals surface area contributed by atoms with E-state index in [9.17, 15) is 19.5 Å². The van der Waals surface area contributed by atoms with Gasteiger partial charge in [-0.2, -0.15) is 0 Å². The van der Waals surface area contributed by atoms with Crippen LogP contribution in [-0.2, 0) is 20.0 Å². The highest BCUT2D eigenvalue weighted by molar-refractivity contribution is 7.80. The fraction of sp³-hybridized carbons (Fsp3) is 0.500. The Morgan fingerprint density at radius 3 is 2.35 bits per heavy atom. The van der Waals surface area contributed by atoms with Gasteiger partial charge in [0.05, 0.1) is 11.5 Å². The van der Waals surface area contributed by atoms with Gasteiger partial charge >= 0.3 is 0 Å². The molecule has 0 aromatic heterocycles. The van der Waals surface area contributed by atoms with E-state index in [2.05, 4.69) is 0 Å². The van der Waals surface area contributed by atoms with E-state index in [1.807, 2.05) is 0 Å². The molecule has 0 amide bonds. The second-order valence-corrected chi connectivity index (χ2v) is 5.47. The molecule has 0 saturated carbocycles. The van der Waals surface area contributed by atoms with Crippen LogP contribution in [0, 0.1) is 0 Å². The number of aliphatic hydroxyl groups is 4. The van der Waals surface area contributed by atoms with Crippen molar-refractivity contribution in [2.45, 2.75) is 35.6 Å². The van der Waals surface area contributed by atoms with Crippen molar-refractivity contribution in [2.75, 3.05) is 6.61 Å². The lowest BCUT2D eigenvalue weighted by atomic mass is 10.00. The van der Waals surface area contributed by atoms with Crippen molar-refractivity contribution in [1.29, 1.82) is 0 Å². The summed E-state index contributed by atoms with van der Waals surface area (Å²) in [4.78, 5) is 0.365. The van der Waals surface area contributed by atoms with Crippen molar-refractivity contribution in [1.82, 2.24) is 0 Å². The standard InChI is InChI=1S/C12H16O7S/c13-6-8-9(14)10(15)11(16)12(18-8)19-20(17)7-4-2-1-3-5-7/h1-5,8-16H,6H2/t8-,9-,10-,11-,12+,20?/m0/s1. The average molecular weight is 304 g/mol. The smallest absolute Gasteiger partial charge is 0.202 e. The molecular formula is C12H16O7S. The molecule has 112 valence electrons. The molecule has 20 heavy (non-hydrogen) atoms. The third-order valence-corrected chi connectivity index (χ3v) is 3.99. The zero-order valence-corrected chi connectivity index (χ0v) is 11.2. The summed E-state index contributed by atoms with van der Waals surface area (Å²) in [6, 6.07) is 8.22. The lowest BCUT2D eigenvalue weighted by Crippen LogP contribution is -2.59. The Morgan fingerprint density at radius 1 is 1.10 bits per heavy atom. The third kappa shape index (κ3) is 3.23. The lowest BCUT2D eigenvalue weighted by molar-refractivity contribution is -0.275. The largest absolute Gasteiger partial charge is 0.394 e. The minimum absolute atomic E-state index is 0.365. The summed E-state index contributed by atoms with van der Waals surface area (Å²) < 4.78 is 22.1. The predicted molar refractivity (Wildman–Crippen MR) is 67.7 cm³/mol. The van der Waals surface area contributed by atoms with Gasteiger partial charge in [0.1, 0.15) is 24.4 Å². The number of hydrogen-bond donors (Lipinski definition) is 4. The summed E-state index contributed by atoms with van der Waals surface area (Å²) in [5.41, 5.74) is 0. The van der Waals surface area contributed by atoms with E-state index in [4.69, 9.17) is 14.0 Å². The van der Waals surface area contributed by atoms with Crippen molar-refractivity contribution in [3.63, 3.8) is 0 Å². The second-order valence-electron chi connectivity index (χ2n) is 4.34. The van der Waals surface area contributed by atoms with Gasteiger partial charge in [-0.1, -0.05) is 18.2 Å². The third-order valence-electron chi connectivity index (χ3n) is 2.97. The minimum Gasteiger partial charge on any atom is -0.394 e. The number of ether oxygens (including phenoxy) is 1. The highest BCUT2D eigenvalue weighted by Gasteiger charge is 2.44. The molecule has 1 heterocycles. The molecule has 0 aliphatic carbocycles. The van der Waals surface area contributed by atoms with E-state index in [0.717, 1.165) is 0 Å². The zero-order chi connectivity index (χ0) is 14.7. The SMILES string of the molecule is O=S(O[C@H]1O[C@@H](CO)[C@H](O)[C@H](O)[C@@H]1O)c1ccccc1. The van der Waals surface area contributed by atoms with Gasteiger partial charge in [-0.3, -0.25) is 4.18 Å². The number of rotatable bonds is 4. The van der Waals surface area contributed by atoms with Crippen LogP contribution in [0.25, 0.3) is 0 Å². The van der Waals surface area contributed by atoms with Crippen LogP contribution >= 0.6 is 0 Å².